The van der Waals surface area contributed by atoms with Gasteiger partial charge in [-0.05, 0) is 43.4 Å². The summed E-state index contributed by atoms with van der Waals surface area (Å²) in [6.45, 7) is 4.42. The number of hydrogen-bond acceptors (Lipinski definition) is 2. The van der Waals surface area contributed by atoms with Crippen molar-refractivity contribution in [3.8, 4) is 0 Å². The minimum Gasteiger partial charge on any atom is -0.481 e. The zero-order valence-electron chi connectivity index (χ0n) is 13.0. The number of hydrogen-bond donors (Lipinski definition) is 1. The molecule has 3 atom stereocenters. The molecule has 3 unspecified atom stereocenters. The number of carboxylic acids is 1. The molecule has 0 aliphatic carbocycles. The van der Waals surface area contributed by atoms with Gasteiger partial charge in [0.25, 0.3) is 0 Å². The number of carbonyl (C=O) groups excluding carboxylic acids is 1. The highest BCUT2D eigenvalue weighted by atomic mass is 35.5. The first kappa shape index (κ1) is 16.8. The molecular weight excluding hydrogens is 302 g/mol. The standard InChI is InChI=1S/C17H22ClNO3/c1-11(9-13-3-5-14(18)6-4-13)10-16(20)19-8-7-15(12(19)2)17(21)22/h3-6,11-12,15H,7-10H2,1-2H3,(H,21,22). The summed E-state index contributed by atoms with van der Waals surface area (Å²) >= 11 is 5.87. The fraction of sp³-hybridized carbons (Fsp3) is 0.529. The molecule has 4 nitrogen and oxygen atoms in total. The van der Waals surface area contributed by atoms with Crippen LogP contribution in [0.15, 0.2) is 24.3 Å². The molecule has 1 heterocycles. The molecule has 1 fully saturated rings. The fourth-order valence-corrected chi connectivity index (χ4v) is 3.26. The summed E-state index contributed by atoms with van der Waals surface area (Å²) in [5.74, 6) is -0.977. The van der Waals surface area contributed by atoms with Crippen LogP contribution in [0, 0.1) is 11.8 Å². The summed E-state index contributed by atoms with van der Waals surface area (Å²) in [7, 11) is 0. The van der Waals surface area contributed by atoms with Crippen molar-refractivity contribution in [1.82, 2.24) is 4.90 Å². The van der Waals surface area contributed by atoms with Crippen LogP contribution in [0.25, 0.3) is 0 Å². The van der Waals surface area contributed by atoms with Gasteiger partial charge in [-0.15, -0.1) is 0 Å². The molecular formula is C17H22ClNO3. The molecule has 5 heteroatoms. The van der Waals surface area contributed by atoms with Gasteiger partial charge in [-0.1, -0.05) is 30.7 Å². The Bertz CT molecular complexity index is 543. The third kappa shape index (κ3) is 4.01. The normalized spacial score (nSPS) is 22.6. The number of rotatable bonds is 5. The van der Waals surface area contributed by atoms with Crippen LogP contribution in [0.5, 0.6) is 0 Å². The Morgan fingerprint density at radius 3 is 2.55 bits per heavy atom. The second kappa shape index (κ2) is 7.14. The molecule has 22 heavy (non-hydrogen) atoms. The number of benzene rings is 1. The van der Waals surface area contributed by atoms with E-state index >= 15 is 0 Å². The topological polar surface area (TPSA) is 57.6 Å². The molecule has 120 valence electrons. The molecule has 0 aromatic heterocycles. The van der Waals surface area contributed by atoms with Crippen molar-refractivity contribution in [2.75, 3.05) is 6.54 Å². The van der Waals surface area contributed by atoms with Crippen LogP contribution in [0.4, 0.5) is 0 Å². The van der Waals surface area contributed by atoms with E-state index in [-0.39, 0.29) is 17.9 Å². The Balaban J connectivity index is 1.89. The van der Waals surface area contributed by atoms with Crippen LogP contribution in [-0.4, -0.2) is 34.5 Å². The van der Waals surface area contributed by atoms with E-state index < -0.39 is 11.9 Å². The molecule has 1 aromatic rings. The van der Waals surface area contributed by atoms with Gasteiger partial charge in [0.15, 0.2) is 0 Å². The number of amides is 1. The first-order valence-electron chi connectivity index (χ1n) is 7.65. The van der Waals surface area contributed by atoms with Gasteiger partial charge in [0.1, 0.15) is 0 Å². The van der Waals surface area contributed by atoms with E-state index in [0.717, 1.165) is 12.0 Å². The average molecular weight is 324 g/mol. The molecule has 1 N–H and O–H groups in total. The van der Waals surface area contributed by atoms with Gasteiger partial charge >= 0.3 is 5.97 Å². The number of carbonyl (C=O) groups is 2. The molecule has 0 bridgehead atoms. The first-order valence-corrected chi connectivity index (χ1v) is 8.03. The zero-order valence-corrected chi connectivity index (χ0v) is 13.7. The highest BCUT2D eigenvalue weighted by molar-refractivity contribution is 6.30. The second-order valence-corrected chi connectivity index (χ2v) is 6.64. The minimum absolute atomic E-state index is 0.0534. The van der Waals surface area contributed by atoms with Crippen molar-refractivity contribution >= 4 is 23.5 Å². The fourth-order valence-electron chi connectivity index (χ4n) is 3.13. The number of carboxylic acid groups (broad SMARTS) is 1. The van der Waals surface area contributed by atoms with Gasteiger partial charge < -0.3 is 10.0 Å². The monoisotopic (exact) mass is 323 g/mol. The Hall–Kier alpha value is -1.55. The van der Waals surface area contributed by atoms with Crippen LogP contribution in [-0.2, 0) is 16.0 Å². The minimum atomic E-state index is -0.808. The smallest absolute Gasteiger partial charge is 0.308 e. The second-order valence-electron chi connectivity index (χ2n) is 6.20. The number of halogens is 1. The molecule has 1 saturated heterocycles. The van der Waals surface area contributed by atoms with Crippen LogP contribution >= 0.6 is 11.6 Å². The van der Waals surface area contributed by atoms with Crippen LogP contribution < -0.4 is 0 Å². The Morgan fingerprint density at radius 1 is 1.36 bits per heavy atom. The molecule has 1 aliphatic rings. The largest absolute Gasteiger partial charge is 0.481 e. The van der Waals surface area contributed by atoms with Gasteiger partial charge in [0.05, 0.1) is 5.92 Å². The highest BCUT2D eigenvalue weighted by Crippen LogP contribution is 2.26. The number of nitrogens with zero attached hydrogens (tertiary/aromatic N) is 1. The maximum absolute atomic E-state index is 12.4. The lowest BCUT2D eigenvalue weighted by molar-refractivity contribution is -0.143. The van der Waals surface area contributed by atoms with Gasteiger partial charge in [-0.3, -0.25) is 9.59 Å². The highest BCUT2D eigenvalue weighted by Gasteiger charge is 2.38. The van der Waals surface area contributed by atoms with Gasteiger partial charge in [-0.25, -0.2) is 0 Å². The summed E-state index contributed by atoms with van der Waals surface area (Å²) < 4.78 is 0. The first-order chi connectivity index (χ1) is 10.4. The van der Waals surface area contributed by atoms with E-state index in [0.29, 0.717) is 24.4 Å². The molecule has 1 aromatic carbocycles. The van der Waals surface area contributed by atoms with Crippen LogP contribution in [0.2, 0.25) is 5.02 Å². The maximum Gasteiger partial charge on any atom is 0.308 e. The summed E-state index contributed by atoms with van der Waals surface area (Å²) in [5.41, 5.74) is 1.16. The maximum atomic E-state index is 12.4. The summed E-state index contributed by atoms with van der Waals surface area (Å²) in [6, 6.07) is 7.44. The summed E-state index contributed by atoms with van der Waals surface area (Å²) in [6.07, 6.45) is 1.81. The lowest BCUT2D eigenvalue weighted by Gasteiger charge is -2.24. The van der Waals surface area contributed by atoms with Crippen LogP contribution in [0.1, 0.15) is 32.3 Å². The Kier molecular flexibility index (Phi) is 5.46. The van der Waals surface area contributed by atoms with Crippen molar-refractivity contribution < 1.29 is 14.7 Å². The molecule has 1 amide bonds. The lowest BCUT2D eigenvalue weighted by atomic mass is 9.97. The number of aliphatic carboxylic acids is 1. The predicted molar refractivity (Wildman–Crippen MR) is 85.9 cm³/mol. The third-order valence-corrected chi connectivity index (χ3v) is 4.66. The molecule has 0 spiro atoms. The van der Waals surface area contributed by atoms with Crippen molar-refractivity contribution in [2.24, 2.45) is 11.8 Å². The molecule has 0 radical (unpaired) electrons. The van der Waals surface area contributed by atoms with Gasteiger partial charge in [-0.2, -0.15) is 0 Å². The molecule has 2 rings (SSSR count). The van der Waals surface area contributed by atoms with Crippen LogP contribution in [0.3, 0.4) is 0 Å². The van der Waals surface area contributed by atoms with Crippen molar-refractivity contribution in [1.29, 1.82) is 0 Å². The third-order valence-electron chi connectivity index (χ3n) is 4.41. The summed E-state index contributed by atoms with van der Waals surface area (Å²) in [5, 5.41) is 9.84. The van der Waals surface area contributed by atoms with E-state index in [1.807, 2.05) is 38.1 Å². The SMILES string of the molecule is CC(CC(=O)N1CCC(C(=O)O)C1C)Cc1ccc(Cl)cc1. The van der Waals surface area contributed by atoms with E-state index in [4.69, 9.17) is 16.7 Å². The Morgan fingerprint density at radius 2 is 2.00 bits per heavy atom. The zero-order chi connectivity index (χ0) is 16.3. The lowest BCUT2D eigenvalue weighted by Crippen LogP contribution is -2.38. The number of likely N-dealkylation sites (tertiary alicyclic amines) is 1. The summed E-state index contributed by atoms with van der Waals surface area (Å²) in [4.78, 5) is 25.2. The Labute approximate surface area is 136 Å². The van der Waals surface area contributed by atoms with Crippen molar-refractivity contribution in [2.45, 2.75) is 39.2 Å². The predicted octanol–water partition coefficient (Wildman–Crippen LogP) is 3.23. The quantitative estimate of drug-likeness (QED) is 0.905. The van der Waals surface area contributed by atoms with Gasteiger partial charge in [0.2, 0.25) is 5.91 Å². The van der Waals surface area contributed by atoms with E-state index in [1.165, 1.54) is 0 Å². The van der Waals surface area contributed by atoms with Gasteiger partial charge in [0, 0.05) is 24.0 Å². The van der Waals surface area contributed by atoms with Crippen molar-refractivity contribution in [3.63, 3.8) is 0 Å². The van der Waals surface area contributed by atoms with E-state index in [2.05, 4.69) is 0 Å². The van der Waals surface area contributed by atoms with E-state index in [9.17, 15) is 9.59 Å². The average Bonchev–Trinajstić information content (AvgIpc) is 2.83. The van der Waals surface area contributed by atoms with E-state index in [1.54, 1.807) is 4.90 Å². The molecule has 0 saturated carbocycles. The molecule has 1 aliphatic heterocycles. The van der Waals surface area contributed by atoms with Crippen molar-refractivity contribution in [3.05, 3.63) is 34.9 Å².